The van der Waals surface area contributed by atoms with Gasteiger partial charge in [-0.2, -0.15) is 0 Å². The lowest BCUT2D eigenvalue weighted by atomic mass is 9.78. The number of nitrogens with one attached hydrogen (secondary N) is 1. The number of benzene rings is 1. The topological polar surface area (TPSA) is 78.3 Å². The minimum absolute atomic E-state index is 0. The Bertz CT molecular complexity index is 1040. The van der Waals surface area contributed by atoms with Gasteiger partial charge in [0.25, 0.3) is 5.91 Å². The molecule has 1 aromatic carbocycles. The van der Waals surface area contributed by atoms with Gasteiger partial charge in [0.05, 0.1) is 22.9 Å². The van der Waals surface area contributed by atoms with E-state index in [1.54, 1.807) is 10.9 Å². The number of nitrogens with zero attached hydrogens (tertiary/aromatic N) is 3. The fraction of sp³-hybridized carbons (Fsp3) is 0.593. The monoisotopic (exact) mass is 484 g/mol. The number of aryl methyl sites for hydroxylation is 1. The second-order valence-electron chi connectivity index (χ2n) is 11.2. The van der Waals surface area contributed by atoms with Gasteiger partial charge >= 0.3 is 7.12 Å². The normalized spacial score (nSPS) is 17.1. The zero-order valence-electron chi connectivity index (χ0n) is 23.4. The van der Waals surface area contributed by atoms with E-state index in [-0.39, 0.29) is 24.1 Å². The Balaban J connectivity index is 0.000000827. The number of carbonyl (C=O) groups is 1. The summed E-state index contributed by atoms with van der Waals surface area (Å²) in [6.07, 6.45) is 5.00. The number of allylic oxidation sites excluding steroid dienone is 2. The van der Waals surface area contributed by atoms with Crippen molar-refractivity contribution in [1.82, 2.24) is 20.3 Å². The molecule has 0 radical (unpaired) electrons. The van der Waals surface area contributed by atoms with Crippen LogP contribution in [0.1, 0.15) is 98.7 Å². The standard InChI is InChI=1S/C21H31BN4O3.C6H12.H2/c1-14-11-16(22-28-20(5,6)21(7,8)29-22)10-9-15(14)12-23-18(27)17-13-26(25-24-17)19(2,3)4;1-4-6(3)5-2;/h9-11,13H,12H2,1-8H3,(H,23,27);4H,5H2,1-3H3;1H/b;6-4-;. The Labute approximate surface area is 213 Å². The molecule has 1 aliphatic heterocycles. The van der Waals surface area contributed by atoms with E-state index >= 15 is 0 Å². The van der Waals surface area contributed by atoms with E-state index in [4.69, 9.17) is 9.31 Å². The molecule has 2 heterocycles. The summed E-state index contributed by atoms with van der Waals surface area (Å²) in [5.41, 5.74) is 3.89. The molecule has 0 bridgehead atoms. The number of hydrogen-bond acceptors (Lipinski definition) is 5. The number of amides is 1. The van der Waals surface area contributed by atoms with Crippen molar-refractivity contribution in [1.29, 1.82) is 0 Å². The van der Waals surface area contributed by atoms with Crippen LogP contribution >= 0.6 is 0 Å². The summed E-state index contributed by atoms with van der Waals surface area (Å²) in [5, 5.41) is 10.9. The average molecular weight is 484 g/mol. The van der Waals surface area contributed by atoms with E-state index in [1.165, 1.54) is 12.0 Å². The second kappa shape index (κ2) is 11.1. The van der Waals surface area contributed by atoms with Crippen molar-refractivity contribution in [3.63, 3.8) is 0 Å². The molecule has 0 atom stereocenters. The van der Waals surface area contributed by atoms with Crippen molar-refractivity contribution in [3.8, 4) is 0 Å². The maximum Gasteiger partial charge on any atom is 0.494 e. The predicted molar refractivity (Wildman–Crippen MR) is 145 cm³/mol. The molecular weight excluding hydrogens is 439 g/mol. The first kappa shape index (κ1) is 28.8. The first-order valence-corrected chi connectivity index (χ1v) is 12.4. The van der Waals surface area contributed by atoms with Crippen LogP contribution in [0.4, 0.5) is 0 Å². The van der Waals surface area contributed by atoms with Crippen molar-refractivity contribution in [3.05, 3.63) is 52.9 Å². The van der Waals surface area contributed by atoms with Crippen LogP contribution in [0.3, 0.4) is 0 Å². The summed E-state index contributed by atoms with van der Waals surface area (Å²) in [7, 11) is -0.394. The van der Waals surface area contributed by atoms with Crippen LogP contribution in [0.2, 0.25) is 0 Å². The molecule has 0 saturated carbocycles. The number of carbonyl (C=O) groups excluding carboxylic acids is 1. The molecule has 1 N–H and O–H groups in total. The van der Waals surface area contributed by atoms with E-state index in [0.29, 0.717) is 12.2 Å². The molecule has 35 heavy (non-hydrogen) atoms. The highest BCUT2D eigenvalue weighted by molar-refractivity contribution is 6.62. The number of hydrogen-bond donors (Lipinski definition) is 1. The van der Waals surface area contributed by atoms with Gasteiger partial charge in [0, 0.05) is 7.97 Å². The second-order valence-corrected chi connectivity index (χ2v) is 11.2. The minimum atomic E-state index is -0.394. The Morgan fingerprint density at radius 1 is 1.20 bits per heavy atom. The lowest BCUT2D eigenvalue weighted by Gasteiger charge is -2.32. The highest BCUT2D eigenvalue weighted by Crippen LogP contribution is 2.36. The maximum absolute atomic E-state index is 12.4. The Morgan fingerprint density at radius 2 is 1.80 bits per heavy atom. The van der Waals surface area contributed by atoms with E-state index < -0.39 is 7.12 Å². The first-order chi connectivity index (χ1) is 16.1. The molecule has 1 aliphatic rings. The van der Waals surface area contributed by atoms with Gasteiger partial charge in [0.1, 0.15) is 0 Å². The molecule has 0 aliphatic carbocycles. The van der Waals surface area contributed by atoms with E-state index in [1.807, 2.05) is 67.5 Å². The van der Waals surface area contributed by atoms with Crippen molar-refractivity contribution >= 4 is 18.5 Å². The summed E-state index contributed by atoms with van der Waals surface area (Å²) < 4.78 is 13.9. The third-order valence-corrected chi connectivity index (χ3v) is 6.80. The van der Waals surface area contributed by atoms with Crippen molar-refractivity contribution in [2.75, 3.05) is 0 Å². The Hall–Kier alpha value is -2.45. The van der Waals surface area contributed by atoms with E-state index in [0.717, 1.165) is 16.6 Å². The van der Waals surface area contributed by atoms with Crippen LogP contribution in [0.15, 0.2) is 36.0 Å². The van der Waals surface area contributed by atoms with Crippen molar-refractivity contribution in [2.24, 2.45) is 0 Å². The summed E-state index contributed by atoms with van der Waals surface area (Å²) >= 11 is 0. The molecule has 3 rings (SSSR count). The Morgan fingerprint density at radius 3 is 2.23 bits per heavy atom. The molecular formula is C27H45BN4O3. The molecule has 2 aromatic rings. The number of rotatable bonds is 5. The summed E-state index contributed by atoms with van der Waals surface area (Å²) in [5.74, 6) is -0.241. The third kappa shape index (κ3) is 7.27. The van der Waals surface area contributed by atoms with Gasteiger partial charge in [-0.15, -0.1) is 5.10 Å². The van der Waals surface area contributed by atoms with Gasteiger partial charge in [-0.05, 0) is 92.2 Å². The van der Waals surface area contributed by atoms with Gasteiger partial charge in [-0.3, -0.25) is 4.79 Å². The first-order valence-electron chi connectivity index (χ1n) is 12.4. The van der Waals surface area contributed by atoms with Crippen molar-refractivity contribution < 1.29 is 15.5 Å². The SMILES string of the molecule is C/C=C(/C)CC.Cc1cc(B2OC(C)(C)C(C)(C)O2)ccc1CNC(=O)c1cn(C(C)(C)C)nn1.[HH]. The molecule has 1 fully saturated rings. The molecule has 1 saturated heterocycles. The molecule has 0 unspecified atom stereocenters. The molecule has 7 nitrogen and oxygen atoms in total. The van der Waals surface area contributed by atoms with Crippen molar-refractivity contribution in [2.45, 2.75) is 106 Å². The van der Waals surface area contributed by atoms with Crippen LogP contribution in [0.5, 0.6) is 0 Å². The lowest BCUT2D eigenvalue weighted by Crippen LogP contribution is -2.41. The zero-order valence-corrected chi connectivity index (χ0v) is 23.4. The van der Waals surface area contributed by atoms with E-state index in [9.17, 15) is 4.79 Å². The summed E-state index contributed by atoms with van der Waals surface area (Å²) in [4.78, 5) is 12.4. The fourth-order valence-corrected chi connectivity index (χ4v) is 3.21. The van der Waals surface area contributed by atoms with Gasteiger partial charge in [-0.25, -0.2) is 4.68 Å². The van der Waals surface area contributed by atoms with Crippen LogP contribution in [0.25, 0.3) is 0 Å². The van der Waals surface area contributed by atoms with Gasteiger partial charge in [-0.1, -0.05) is 42.0 Å². The largest absolute Gasteiger partial charge is 0.494 e. The predicted octanol–water partition coefficient (Wildman–Crippen LogP) is 5.18. The summed E-state index contributed by atoms with van der Waals surface area (Å²) in [6, 6.07) is 6.05. The quantitative estimate of drug-likeness (QED) is 0.468. The van der Waals surface area contributed by atoms with Crippen LogP contribution in [-0.2, 0) is 21.4 Å². The van der Waals surface area contributed by atoms with Crippen LogP contribution < -0.4 is 10.8 Å². The molecule has 8 heteroatoms. The van der Waals surface area contributed by atoms with E-state index in [2.05, 4.69) is 48.5 Å². The number of aromatic nitrogens is 3. The Kier molecular flexibility index (Phi) is 9.12. The third-order valence-electron chi connectivity index (χ3n) is 6.80. The minimum Gasteiger partial charge on any atom is -0.399 e. The van der Waals surface area contributed by atoms with Gasteiger partial charge < -0.3 is 14.6 Å². The van der Waals surface area contributed by atoms with Crippen LogP contribution in [0, 0.1) is 6.92 Å². The molecule has 1 aromatic heterocycles. The lowest BCUT2D eigenvalue weighted by molar-refractivity contribution is 0.00578. The summed E-state index contributed by atoms with van der Waals surface area (Å²) in [6.45, 7) is 23.0. The highest BCUT2D eigenvalue weighted by Gasteiger charge is 2.51. The van der Waals surface area contributed by atoms with Gasteiger partial charge in [0.2, 0.25) is 0 Å². The van der Waals surface area contributed by atoms with Gasteiger partial charge in [0.15, 0.2) is 5.69 Å². The smallest absolute Gasteiger partial charge is 0.399 e. The zero-order chi connectivity index (χ0) is 26.6. The molecule has 0 spiro atoms. The fourth-order valence-electron chi connectivity index (χ4n) is 3.21. The average Bonchev–Trinajstić information content (AvgIpc) is 3.35. The molecule has 1 amide bonds. The van der Waals surface area contributed by atoms with Crippen LogP contribution in [-0.4, -0.2) is 39.2 Å². The highest BCUT2D eigenvalue weighted by atomic mass is 16.7. The maximum atomic E-state index is 12.4. The molecule has 194 valence electrons.